The maximum absolute atomic E-state index is 11.7. The number of hydrogen-bond donors (Lipinski definition) is 2. The Morgan fingerprint density at radius 3 is 2.32 bits per heavy atom. The smallest absolute Gasteiger partial charge is 0.229 e. The van der Waals surface area contributed by atoms with Crippen LogP contribution in [0, 0.1) is 20.8 Å². The van der Waals surface area contributed by atoms with E-state index in [1.54, 1.807) is 18.3 Å². The number of hydrogen-bond acceptors (Lipinski definition) is 4. The van der Waals surface area contributed by atoms with Gasteiger partial charge in [0.2, 0.25) is 10.0 Å². The summed E-state index contributed by atoms with van der Waals surface area (Å²) < 4.78 is 28.2. The molecule has 2 aromatic carbocycles. The van der Waals surface area contributed by atoms with Crippen molar-refractivity contribution in [2.75, 3.05) is 15.9 Å². The van der Waals surface area contributed by atoms with Crippen molar-refractivity contribution in [1.82, 2.24) is 14.9 Å². The molecule has 4 aromatic rings. The number of pyridine rings is 1. The lowest BCUT2D eigenvalue weighted by molar-refractivity contribution is 0.565. The molecule has 1 saturated heterocycles. The van der Waals surface area contributed by atoms with Crippen molar-refractivity contribution in [3.63, 3.8) is 0 Å². The molecule has 7 nitrogen and oxygen atoms in total. The lowest BCUT2D eigenvalue weighted by Gasteiger charge is -2.28. The largest absolute Gasteiger partial charge is 0.351 e. The van der Waals surface area contributed by atoms with Crippen molar-refractivity contribution in [3.05, 3.63) is 107 Å². The molecular weight excluding hydrogens is 502 g/mol. The van der Waals surface area contributed by atoms with Crippen LogP contribution < -0.4 is 14.9 Å². The molecule has 0 spiro atoms. The normalized spacial score (nSPS) is 17.6. The van der Waals surface area contributed by atoms with Crippen LogP contribution in [-0.4, -0.2) is 29.3 Å². The van der Waals surface area contributed by atoms with Crippen LogP contribution in [0.3, 0.4) is 0 Å². The Morgan fingerprint density at radius 2 is 1.68 bits per heavy atom. The summed E-state index contributed by atoms with van der Waals surface area (Å²) in [5, 5.41) is 4.09. The van der Waals surface area contributed by atoms with Crippen molar-refractivity contribution in [2.45, 2.75) is 32.9 Å². The SMILES string of the molecule is Cc1ccccc1-n1c(C)cc([C@H]2[C@H](c3ccccn3)NC(=S)N2c2ccc(NS(C)(=O)=O)cc2)c1C. The molecule has 0 aliphatic carbocycles. The van der Waals surface area contributed by atoms with Gasteiger partial charge in [-0.1, -0.05) is 24.3 Å². The molecule has 0 amide bonds. The minimum absolute atomic E-state index is 0.167. The van der Waals surface area contributed by atoms with E-state index in [1.165, 1.54) is 5.56 Å². The van der Waals surface area contributed by atoms with Gasteiger partial charge in [-0.15, -0.1) is 0 Å². The first-order valence-electron chi connectivity index (χ1n) is 12.0. The standard InChI is InChI=1S/C28H29N5O2S2/c1-18-9-5-6-11-25(18)32-19(2)17-23(20(32)3)27-26(24-10-7-8-16-29-24)30-28(36)33(27)22-14-12-21(13-15-22)31-37(4,34)35/h5-17,26-27,31H,1-4H3,(H,30,36)/t26-,27-/m0/s1. The second-order valence-corrected chi connectivity index (χ2v) is 11.5. The molecule has 0 bridgehead atoms. The van der Waals surface area contributed by atoms with Crippen molar-refractivity contribution >= 4 is 38.7 Å². The molecule has 0 radical (unpaired) electrons. The maximum Gasteiger partial charge on any atom is 0.229 e. The van der Waals surface area contributed by atoms with Gasteiger partial charge in [0.1, 0.15) is 0 Å². The first-order valence-corrected chi connectivity index (χ1v) is 14.3. The van der Waals surface area contributed by atoms with E-state index in [1.807, 2.05) is 36.4 Å². The van der Waals surface area contributed by atoms with Crippen LogP contribution in [-0.2, 0) is 10.0 Å². The molecule has 5 rings (SSSR count). The Morgan fingerprint density at radius 1 is 0.973 bits per heavy atom. The van der Waals surface area contributed by atoms with Gasteiger partial charge >= 0.3 is 0 Å². The van der Waals surface area contributed by atoms with E-state index in [9.17, 15) is 8.42 Å². The third kappa shape index (κ3) is 4.84. The van der Waals surface area contributed by atoms with Crippen molar-refractivity contribution in [1.29, 1.82) is 0 Å². The van der Waals surface area contributed by atoms with Gasteiger partial charge in [0.15, 0.2) is 5.11 Å². The molecule has 2 atom stereocenters. The number of sulfonamides is 1. The molecule has 1 fully saturated rings. The molecule has 190 valence electrons. The lowest BCUT2D eigenvalue weighted by atomic mass is 9.96. The maximum atomic E-state index is 11.7. The third-order valence-electron chi connectivity index (χ3n) is 6.69. The average Bonchev–Trinajstić information content (AvgIpc) is 3.35. The Labute approximate surface area is 223 Å². The second-order valence-electron chi connectivity index (χ2n) is 9.37. The molecule has 2 aromatic heterocycles. The van der Waals surface area contributed by atoms with E-state index in [2.05, 4.69) is 69.5 Å². The third-order valence-corrected chi connectivity index (χ3v) is 7.61. The molecular formula is C28H29N5O2S2. The summed E-state index contributed by atoms with van der Waals surface area (Å²) in [4.78, 5) is 6.75. The molecule has 9 heteroatoms. The predicted octanol–water partition coefficient (Wildman–Crippen LogP) is 5.35. The van der Waals surface area contributed by atoms with Gasteiger partial charge in [-0.25, -0.2) is 8.42 Å². The van der Waals surface area contributed by atoms with E-state index in [0.717, 1.165) is 40.3 Å². The van der Waals surface area contributed by atoms with Crippen molar-refractivity contribution in [3.8, 4) is 5.69 Å². The summed E-state index contributed by atoms with van der Waals surface area (Å²) in [5.41, 5.74) is 8.00. The number of benzene rings is 2. The van der Waals surface area contributed by atoms with Gasteiger partial charge in [0.25, 0.3) is 0 Å². The molecule has 1 aliphatic heterocycles. The first kappa shape index (κ1) is 25.0. The van der Waals surface area contributed by atoms with Gasteiger partial charge in [-0.3, -0.25) is 9.71 Å². The van der Waals surface area contributed by atoms with E-state index < -0.39 is 10.0 Å². The number of aromatic nitrogens is 2. The highest BCUT2D eigenvalue weighted by molar-refractivity contribution is 7.92. The molecule has 0 unspecified atom stereocenters. The number of para-hydroxylation sites is 1. The predicted molar refractivity (Wildman–Crippen MR) is 153 cm³/mol. The van der Waals surface area contributed by atoms with Gasteiger partial charge < -0.3 is 14.8 Å². The van der Waals surface area contributed by atoms with Crippen LogP contribution >= 0.6 is 12.2 Å². The second kappa shape index (κ2) is 9.64. The van der Waals surface area contributed by atoms with Crippen LogP contribution in [0.1, 0.15) is 40.3 Å². The molecule has 0 saturated carbocycles. The van der Waals surface area contributed by atoms with E-state index >= 15 is 0 Å². The minimum Gasteiger partial charge on any atom is -0.351 e. The number of rotatable bonds is 6. The average molecular weight is 532 g/mol. The van der Waals surface area contributed by atoms with Gasteiger partial charge in [0, 0.05) is 34.6 Å². The van der Waals surface area contributed by atoms with Crippen LogP contribution in [0.25, 0.3) is 5.69 Å². The fourth-order valence-electron chi connectivity index (χ4n) is 5.13. The van der Waals surface area contributed by atoms with Crippen LogP contribution in [0.2, 0.25) is 0 Å². The summed E-state index contributed by atoms with van der Waals surface area (Å²) >= 11 is 5.86. The van der Waals surface area contributed by atoms with Crippen molar-refractivity contribution < 1.29 is 8.42 Å². The Balaban J connectivity index is 1.64. The topological polar surface area (TPSA) is 79.3 Å². The van der Waals surface area contributed by atoms with Crippen LogP contribution in [0.15, 0.2) is 79.0 Å². The highest BCUT2D eigenvalue weighted by atomic mass is 32.2. The fourth-order valence-corrected chi connectivity index (χ4v) is 6.04. The zero-order chi connectivity index (χ0) is 26.3. The summed E-state index contributed by atoms with van der Waals surface area (Å²) in [6.45, 7) is 6.38. The minimum atomic E-state index is -3.37. The van der Waals surface area contributed by atoms with Crippen LogP contribution in [0.4, 0.5) is 11.4 Å². The zero-order valence-electron chi connectivity index (χ0n) is 21.1. The number of nitrogens with zero attached hydrogens (tertiary/aromatic N) is 3. The Bertz CT molecular complexity index is 1560. The molecule has 2 N–H and O–H groups in total. The first-order chi connectivity index (χ1) is 17.6. The summed E-state index contributed by atoms with van der Waals surface area (Å²) in [6.07, 6.45) is 2.93. The Kier molecular flexibility index (Phi) is 6.51. The highest BCUT2D eigenvalue weighted by Gasteiger charge is 2.42. The fraction of sp³-hybridized carbons (Fsp3) is 0.214. The quantitative estimate of drug-likeness (QED) is 0.327. The highest BCUT2D eigenvalue weighted by Crippen LogP contribution is 2.44. The van der Waals surface area contributed by atoms with Gasteiger partial charge in [0.05, 0.1) is 24.0 Å². The Hall–Kier alpha value is -3.69. The van der Waals surface area contributed by atoms with Crippen LogP contribution in [0.5, 0.6) is 0 Å². The molecule has 3 heterocycles. The van der Waals surface area contributed by atoms with Gasteiger partial charge in [-0.05, 0) is 92.6 Å². The summed E-state index contributed by atoms with van der Waals surface area (Å²) in [6, 6.07) is 23.4. The van der Waals surface area contributed by atoms with Crippen molar-refractivity contribution in [2.24, 2.45) is 0 Å². The zero-order valence-corrected chi connectivity index (χ0v) is 22.8. The molecule has 1 aliphatic rings. The number of aryl methyl sites for hydroxylation is 2. The lowest BCUT2D eigenvalue weighted by Crippen LogP contribution is -2.29. The number of nitrogens with one attached hydrogen (secondary N) is 2. The van der Waals surface area contributed by atoms with E-state index in [-0.39, 0.29) is 12.1 Å². The monoisotopic (exact) mass is 531 g/mol. The van der Waals surface area contributed by atoms with E-state index in [4.69, 9.17) is 12.2 Å². The van der Waals surface area contributed by atoms with E-state index in [0.29, 0.717) is 10.8 Å². The summed E-state index contributed by atoms with van der Waals surface area (Å²) in [5.74, 6) is 0. The number of thiocarbonyl (C=S) groups is 1. The van der Waals surface area contributed by atoms with Gasteiger partial charge in [-0.2, -0.15) is 0 Å². The summed E-state index contributed by atoms with van der Waals surface area (Å²) in [7, 11) is -3.37. The number of anilines is 2. The molecule has 37 heavy (non-hydrogen) atoms.